The minimum absolute atomic E-state index is 0.243. The van der Waals surface area contributed by atoms with E-state index in [1.165, 1.54) is 6.08 Å². The fourth-order valence-corrected chi connectivity index (χ4v) is 3.24. The highest BCUT2D eigenvalue weighted by Gasteiger charge is 2.15. The van der Waals surface area contributed by atoms with Gasteiger partial charge in [-0.05, 0) is 34.7 Å². The van der Waals surface area contributed by atoms with Crippen LogP contribution in [0.2, 0.25) is 0 Å². The van der Waals surface area contributed by atoms with Gasteiger partial charge in [0, 0.05) is 10.1 Å². The maximum absolute atomic E-state index is 11.6. The smallest absolute Gasteiger partial charge is 0.207 e. The van der Waals surface area contributed by atoms with Gasteiger partial charge in [0.05, 0.1) is 4.90 Å². The molecule has 0 aliphatic rings. The van der Waals surface area contributed by atoms with E-state index >= 15 is 0 Å². The lowest BCUT2D eigenvalue weighted by Gasteiger charge is -2.05. The summed E-state index contributed by atoms with van der Waals surface area (Å²) in [5.41, 5.74) is 0. The van der Waals surface area contributed by atoms with Crippen LogP contribution < -0.4 is 4.72 Å². The molecule has 0 atom stereocenters. The second-order valence-corrected chi connectivity index (χ2v) is 5.47. The summed E-state index contributed by atoms with van der Waals surface area (Å²) in [5, 5.41) is 0. The van der Waals surface area contributed by atoms with Crippen LogP contribution in [0.4, 0.5) is 0 Å². The standard InChI is InChI=1S/C9H10INO2S/c1-2-7-11-14(12,13)9-6-4-3-5-8(9)10/h2-6,11H,1,7H2. The van der Waals surface area contributed by atoms with Crippen molar-refractivity contribution in [1.82, 2.24) is 4.72 Å². The lowest BCUT2D eigenvalue weighted by atomic mass is 10.4. The monoisotopic (exact) mass is 323 g/mol. The number of benzene rings is 1. The van der Waals surface area contributed by atoms with E-state index in [4.69, 9.17) is 0 Å². The number of halogens is 1. The summed E-state index contributed by atoms with van der Waals surface area (Å²) in [7, 11) is -3.38. The zero-order valence-corrected chi connectivity index (χ0v) is 10.4. The van der Waals surface area contributed by atoms with Gasteiger partial charge in [-0.25, -0.2) is 13.1 Å². The molecule has 1 rings (SSSR count). The molecule has 0 saturated heterocycles. The Hall–Kier alpha value is -0.400. The Morgan fingerprint density at radius 3 is 2.64 bits per heavy atom. The topological polar surface area (TPSA) is 46.2 Å². The summed E-state index contributed by atoms with van der Waals surface area (Å²) >= 11 is 1.99. The molecule has 0 aromatic heterocycles. The van der Waals surface area contributed by atoms with E-state index in [-0.39, 0.29) is 6.54 Å². The van der Waals surface area contributed by atoms with Crippen LogP contribution >= 0.6 is 22.6 Å². The zero-order chi connectivity index (χ0) is 10.6. The summed E-state index contributed by atoms with van der Waals surface area (Å²) in [5.74, 6) is 0. The van der Waals surface area contributed by atoms with Gasteiger partial charge in [0.25, 0.3) is 0 Å². The van der Waals surface area contributed by atoms with E-state index in [2.05, 4.69) is 11.3 Å². The molecule has 1 N–H and O–H groups in total. The molecule has 0 unspecified atom stereocenters. The summed E-state index contributed by atoms with van der Waals surface area (Å²) < 4.78 is 26.4. The molecule has 5 heteroatoms. The van der Waals surface area contributed by atoms with Crippen molar-refractivity contribution in [2.45, 2.75) is 4.90 Å². The van der Waals surface area contributed by atoms with Crippen molar-refractivity contribution < 1.29 is 8.42 Å². The number of sulfonamides is 1. The fraction of sp³-hybridized carbons (Fsp3) is 0.111. The molecule has 0 bridgehead atoms. The van der Waals surface area contributed by atoms with Crippen molar-refractivity contribution in [1.29, 1.82) is 0 Å². The summed E-state index contributed by atoms with van der Waals surface area (Å²) in [6.07, 6.45) is 1.51. The second-order valence-electron chi connectivity index (χ2n) is 2.57. The van der Waals surface area contributed by atoms with Crippen LogP contribution in [0.25, 0.3) is 0 Å². The Labute approximate surface area is 97.4 Å². The zero-order valence-electron chi connectivity index (χ0n) is 7.40. The number of hydrogen-bond acceptors (Lipinski definition) is 2. The van der Waals surface area contributed by atoms with Gasteiger partial charge in [0.15, 0.2) is 0 Å². The Balaban J connectivity index is 3.04. The Morgan fingerprint density at radius 2 is 2.07 bits per heavy atom. The Morgan fingerprint density at radius 1 is 1.43 bits per heavy atom. The fourth-order valence-electron chi connectivity index (χ4n) is 0.909. The minimum atomic E-state index is -3.38. The van der Waals surface area contributed by atoms with E-state index < -0.39 is 10.0 Å². The molecule has 0 amide bonds. The molecular weight excluding hydrogens is 313 g/mol. The van der Waals surface area contributed by atoms with E-state index in [1.807, 2.05) is 22.6 Å². The molecule has 76 valence electrons. The molecule has 14 heavy (non-hydrogen) atoms. The van der Waals surface area contributed by atoms with Gasteiger partial charge in [0.1, 0.15) is 0 Å². The summed E-state index contributed by atoms with van der Waals surface area (Å²) in [6, 6.07) is 6.83. The molecule has 0 heterocycles. The molecule has 1 aromatic carbocycles. The van der Waals surface area contributed by atoms with E-state index in [0.717, 1.165) is 0 Å². The molecule has 0 fully saturated rings. The first-order chi connectivity index (χ1) is 6.58. The first-order valence-electron chi connectivity index (χ1n) is 3.93. The van der Waals surface area contributed by atoms with Crippen LogP contribution in [0.1, 0.15) is 0 Å². The maximum Gasteiger partial charge on any atom is 0.241 e. The summed E-state index contributed by atoms with van der Waals surface area (Å²) in [6.45, 7) is 3.69. The molecule has 0 radical (unpaired) electrons. The van der Waals surface area contributed by atoms with Gasteiger partial charge in [-0.3, -0.25) is 0 Å². The number of hydrogen-bond donors (Lipinski definition) is 1. The summed E-state index contributed by atoms with van der Waals surface area (Å²) in [4.78, 5) is 0.308. The Bertz CT molecular complexity index is 428. The quantitative estimate of drug-likeness (QED) is 0.678. The van der Waals surface area contributed by atoms with Gasteiger partial charge < -0.3 is 0 Å². The van der Waals surface area contributed by atoms with Crippen molar-refractivity contribution in [2.75, 3.05) is 6.54 Å². The van der Waals surface area contributed by atoms with Crippen molar-refractivity contribution >= 4 is 32.6 Å². The van der Waals surface area contributed by atoms with Gasteiger partial charge in [-0.15, -0.1) is 6.58 Å². The van der Waals surface area contributed by atoms with Gasteiger partial charge >= 0.3 is 0 Å². The van der Waals surface area contributed by atoms with Crippen LogP contribution in [-0.2, 0) is 10.0 Å². The van der Waals surface area contributed by atoms with Crippen LogP contribution in [-0.4, -0.2) is 15.0 Å². The third-order valence-electron chi connectivity index (χ3n) is 1.54. The molecule has 0 aliphatic heterocycles. The third kappa shape index (κ3) is 2.79. The normalized spacial score (nSPS) is 11.2. The lowest BCUT2D eigenvalue weighted by molar-refractivity contribution is 0.585. The molecule has 0 spiro atoms. The van der Waals surface area contributed by atoms with Crippen molar-refractivity contribution in [3.8, 4) is 0 Å². The SMILES string of the molecule is C=CCNS(=O)(=O)c1ccccc1I. The van der Waals surface area contributed by atoms with Crippen molar-refractivity contribution in [3.05, 3.63) is 40.5 Å². The largest absolute Gasteiger partial charge is 0.241 e. The highest BCUT2D eigenvalue weighted by molar-refractivity contribution is 14.1. The molecular formula is C9H10INO2S. The van der Waals surface area contributed by atoms with Crippen LogP contribution in [0.5, 0.6) is 0 Å². The predicted octanol–water partition coefficient (Wildman–Crippen LogP) is 1.76. The van der Waals surface area contributed by atoms with Crippen molar-refractivity contribution in [2.24, 2.45) is 0 Å². The first kappa shape index (κ1) is 11.7. The average Bonchev–Trinajstić information content (AvgIpc) is 2.15. The second kappa shape index (κ2) is 4.90. The van der Waals surface area contributed by atoms with Crippen LogP contribution in [0.15, 0.2) is 41.8 Å². The van der Waals surface area contributed by atoms with E-state index in [0.29, 0.717) is 8.47 Å². The van der Waals surface area contributed by atoms with Gasteiger partial charge in [-0.1, -0.05) is 18.2 Å². The first-order valence-corrected chi connectivity index (χ1v) is 6.49. The van der Waals surface area contributed by atoms with Crippen molar-refractivity contribution in [3.63, 3.8) is 0 Å². The van der Waals surface area contributed by atoms with E-state index in [1.54, 1.807) is 24.3 Å². The highest BCUT2D eigenvalue weighted by atomic mass is 127. The number of rotatable bonds is 4. The maximum atomic E-state index is 11.6. The minimum Gasteiger partial charge on any atom is -0.207 e. The highest BCUT2D eigenvalue weighted by Crippen LogP contribution is 2.16. The van der Waals surface area contributed by atoms with E-state index in [9.17, 15) is 8.42 Å². The lowest BCUT2D eigenvalue weighted by Crippen LogP contribution is -2.24. The molecule has 1 aromatic rings. The molecule has 0 aliphatic carbocycles. The van der Waals surface area contributed by atoms with Crippen LogP contribution in [0, 0.1) is 3.57 Å². The number of nitrogens with one attached hydrogen (secondary N) is 1. The molecule has 0 saturated carbocycles. The predicted molar refractivity (Wildman–Crippen MR) is 64.5 cm³/mol. The van der Waals surface area contributed by atoms with Gasteiger partial charge in [-0.2, -0.15) is 0 Å². The Kier molecular flexibility index (Phi) is 4.09. The van der Waals surface area contributed by atoms with Crippen LogP contribution in [0.3, 0.4) is 0 Å². The average molecular weight is 323 g/mol. The third-order valence-corrected chi connectivity index (χ3v) is 4.33. The molecule has 3 nitrogen and oxygen atoms in total. The van der Waals surface area contributed by atoms with Gasteiger partial charge in [0.2, 0.25) is 10.0 Å².